The Balaban J connectivity index is 2.15. The molecule has 2 atom stereocenters. The van der Waals surface area contributed by atoms with Crippen LogP contribution >= 0.6 is 0 Å². The first-order valence-corrected chi connectivity index (χ1v) is 3.79. The molecular formula is C8H13N. The summed E-state index contributed by atoms with van der Waals surface area (Å²) in [5.74, 6) is 0.942. The summed E-state index contributed by atoms with van der Waals surface area (Å²) in [5.41, 5.74) is 1.44. The van der Waals surface area contributed by atoms with E-state index in [1.807, 2.05) is 0 Å². The Labute approximate surface area is 56.1 Å². The molecule has 1 saturated heterocycles. The van der Waals surface area contributed by atoms with Crippen LogP contribution in [0.25, 0.3) is 0 Å². The fourth-order valence-corrected chi connectivity index (χ4v) is 2.07. The Morgan fingerprint density at radius 1 is 1.44 bits per heavy atom. The molecule has 0 aromatic carbocycles. The largest absolute Gasteiger partial charge is 0.310 e. The van der Waals surface area contributed by atoms with Gasteiger partial charge in [0.1, 0.15) is 0 Å². The molecule has 1 nitrogen and oxygen atoms in total. The van der Waals surface area contributed by atoms with Crippen LogP contribution in [0.4, 0.5) is 0 Å². The molecule has 0 bridgehead atoms. The number of fused-ring (bicyclic) bond motifs is 1. The maximum atomic E-state index is 4.03. The molecule has 0 spiro atoms. The molecule has 1 aliphatic heterocycles. The zero-order valence-corrected chi connectivity index (χ0v) is 5.69. The van der Waals surface area contributed by atoms with Crippen LogP contribution in [0.3, 0.4) is 0 Å². The van der Waals surface area contributed by atoms with E-state index < -0.39 is 0 Å². The van der Waals surface area contributed by atoms with Gasteiger partial charge in [-0.15, -0.1) is 0 Å². The SMILES string of the molecule is C=C1CCC2CCNC12. The van der Waals surface area contributed by atoms with Gasteiger partial charge >= 0.3 is 0 Å². The summed E-state index contributed by atoms with van der Waals surface area (Å²) in [7, 11) is 0. The van der Waals surface area contributed by atoms with Crippen LogP contribution in [-0.2, 0) is 0 Å². The Morgan fingerprint density at radius 3 is 3.11 bits per heavy atom. The predicted molar refractivity (Wildman–Crippen MR) is 38.3 cm³/mol. The summed E-state index contributed by atoms with van der Waals surface area (Å²) in [6, 6.07) is 0.699. The van der Waals surface area contributed by atoms with Gasteiger partial charge in [0.2, 0.25) is 0 Å². The van der Waals surface area contributed by atoms with Crippen LogP contribution in [0, 0.1) is 5.92 Å². The Kier molecular flexibility index (Phi) is 1.12. The molecule has 1 saturated carbocycles. The molecule has 0 aromatic rings. The molecule has 2 aliphatic rings. The van der Waals surface area contributed by atoms with E-state index in [4.69, 9.17) is 0 Å². The topological polar surface area (TPSA) is 12.0 Å². The van der Waals surface area contributed by atoms with Gasteiger partial charge in [0.15, 0.2) is 0 Å². The minimum absolute atomic E-state index is 0.699. The first kappa shape index (κ1) is 5.48. The van der Waals surface area contributed by atoms with E-state index >= 15 is 0 Å². The van der Waals surface area contributed by atoms with Crippen molar-refractivity contribution >= 4 is 0 Å². The molecule has 50 valence electrons. The molecule has 0 amide bonds. The second kappa shape index (κ2) is 1.84. The Hall–Kier alpha value is -0.300. The van der Waals surface area contributed by atoms with Crippen molar-refractivity contribution in [2.75, 3.05) is 6.54 Å². The Bertz CT molecular complexity index is 140. The van der Waals surface area contributed by atoms with Crippen molar-refractivity contribution < 1.29 is 0 Å². The summed E-state index contributed by atoms with van der Waals surface area (Å²) < 4.78 is 0. The smallest absolute Gasteiger partial charge is 0.0305 e. The van der Waals surface area contributed by atoms with E-state index in [1.54, 1.807) is 0 Å². The van der Waals surface area contributed by atoms with Crippen LogP contribution in [-0.4, -0.2) is 12.6 Å². The van der Waals surface area contributed by atoms with Gasteiger partial charge in [0, 0.05) is 6.04 Å². The van der Waals surface area contributed by atoms with Gasteiger partial charge in [0.05, 0.1) is 0 Å². The molecule has 1 aliphatic carbocycles. The number of hydrogen-bond acceptors (Lipinski definition) is 1. The molecule has 2 unspecified atom stereocenters. The third kappa shape index (κ3) is 0.715. The van der Waals surface area contributed by atoms with E-state index in [0.717, 1.165) is 5.92 Å². The lowest BCUT2D eigenvalue weighted by Gasteiger charge is -2.08. The summed E-state index contributed by atoms with van der Waals surface area (Å²) in [6.45, 7) is 5.25. The van der Waals surface area contributed by atoms with Gasteiger partial charge in [-0.1, -0.05) is 12.2 Å². The van der Waals surface area contributed by atoms with Gasteiger partial charge in [-0.25, -0.2) is 0 Å². The Morgan fingerprint density at radius 2 is 2.33 bits per heavy atom. The van der Waals surface area contributed by atoms with Crippen LogP contribution in [0.5, 0.6) is 0 Å². The average Bonchev–Trinajstić information content (AvgIpc) is 2.35. The lowest BCUT2D eigenvalue weighted by Crippen LogP contribution is -2.23. The lowest BCUT2D eigenvalue weighted by atomic mass is 10.0. The molecule has 0 radical (unpaired) electrons. The standard InChI is InChI=1S/C8H13N/c1-6-2-3-7-4-5-9-8(6)7/h7-9H,1-5H2. The third-order valence-corrected chi connectivity index (χ3v) is 2.63. The van der Waals surface area contributed by atoms with Crippen LogP contribution < -0.4 is 5.32 Å². The van der Waals surface area contributed by atoms with Crippen LogP contribution in [0.1, 0.15) is 19.3 Å². The summed E-state index contributed by atoms with van der Waals surface area (Å²) in [4.78, 5) is 0. The number of hydrogen-bond donors (Lipinski definition) is 1. The van der Waals surface area contributed by atoms with E-state index in [-0.39, 0.29) is 0 Å². The molecule has 2 rings (SSSR count). The van der Waals surface area contributed by atoms with Gasteiger partial charge in [-0.05, 0) is 31.7 Å². The van der Waals surface area contributed by atoms with Crippen LogP contribution in [0.15, 0.2) is 12.2 Å². The zero-order chi connectivity index (χ0) is 6.27. The van der Waals surface area contributed by atoms with Crippen molar-refractivity contribution in [1.29, 1.82) is 0 Å². The van der Waals surface area contributed by atoms with Gasteiger partial charge in [-0.3, -0.25) is 0 Å². The second-order valence-corrected chi connectivity index (χ2v) is 3.18. The third-order valence-electron chi connectivity index (χ3n) is 2.63. The molecule has 2 fully saturated rings. The van der Waals surface area contributed by atoms with Crippen molar-refractivity contribution in [2.24, 2.45) is 5.92 Å². The van der Waals surface area contributed by atoms with E-state index in [9.17, 15) is 0 Å². The van der Waals surface area contributed by atoms with Crippen molar-refractivity contribution in [3.05, 3.63) is 12.2 Å². The summed E-state index contributed by atoms with van der Waals surface area (Å²) in [5, 5.41) is 3.47. The zero-order valence-electron chi connectivity index (χ0n) is 5.69. The van der Waals surface area contributed by atoms with Gasteiger partial charge in [0.25, 0.3) is 0 Å². The van der Waals surface area contributed by atoms with Crippen molar-refractivity contribution in [3.8, 4) is 0 Å². The highest BCUT2D eigenvalue weighted by Gasteiger charge is 2.33. The normalized spacial score (nSPS) is 41.6. The predicted octanol–water partition coefficient (Wildman–Crippen LogP) is 1.31. The monoisotopic (exact) mass is 123 g/mol. The van der Waals surface area contributed by atoms with Crippen molar-refractivity contribution in [3.63, 3.8) is 0 Å². The highest BCUT2D eigenvalue weighted by Crippen LogP contribution is 2.34. The fraction of sp³-hybridized carbons (Fsp3) is 0.750. The molecule has 9 heavy (non-hydrogen) atoms. The molecule has 1 heterocycles. The molecule has 1 heteroatoms. The maximum Gasteiger partial charge on any atom is 0.0305 e. The average molecular weight is 123 g/mol. The fourth-order valence-electron chi connectivity index (χ4n) is 2.07. The minimum Gasteiger partial charge on any atom is -0.310 e. The number of nitrogens with one attached hydrogen (secondary N) is 1. The first-order valence-electron chi connectivity index (χ1n) is 3.79. The van der Waals surface area contributed by atoms with Crippen molar-refractivity contribution in [1.82, 2.24) is 5.32 Å². The van der Waals surface area contributed by atoms with Gasteiger partial charge in [-0.2, -0.15) is 0 Å². The van der Waals surface area contributed by atoms with Crippen molar-refractivity contribution in [2.45, 2.75) is 25.3 Å². The first-order chi connectivity index (χ1) is 4.38. The van der Waals surface area contributed by atoms with Gasteiger partial charge < -0.3 is 5.32 Å². The van der Waals surface area contributed by atoms with E-state index in [2.05, 4.69) is 11.9 Å². The highest BCUT2D eigenvalue weighted by atomic mass is 15.0. The number of rotatable bonds is 0. The van der Waals surface area contributed by atoms with E-state index in [0.29, 0.717) is 6.04 Å². The molecular weight excluding hydrogens is 110 g/mol. The lowest BCUT2D eigenvalue weighted by molar-refractivity contribution is 0.543. The summed E-state index contributed by atoms with van der Waals surface area (Å²) >= 11 is 0. The quantitative estimate of drug-likeness (QED) is 0.479. The minimum atomic E-state index is 0.699. The molecule has 0 aromatic heterocycles. The maximum absolute atomic E-state index is 4.03. The second-order valence-electron chi connectivity index (χ2n) is 3.18. The van der Waals surface area contributed by atoms with Crippen LogP contribution in [0.2, 0.25) is 0 Å². The summed E-state index contributed by atoms with van der Waals surface area (Å²) in [6.07, 6.45) is 4.03. The van der Waals surface area contributed by atoms with E-state index in [1.165, 1.54) is 31.4 Å². The highest BCUT2D eigenvalue weighted by molar-refractivity contribution is 5.15. The molecule has 1 N–H and O–H groups in total.